The minimum atomic E-state index is -0.311. The molecule has 0 radical (unpaired) electrons. The Bertz CT molecular complexity index is 687. The number of hydrogen-bond donors (Lipinski definition) is 1. The summed E-state index contributed by atoms with van der Waals surface area (Å²) in [5, 5.41) is 3.92. The summed E-state index contributed by atoms with van der Waals surface area (Å²) in [6.07, 6.45) is 6.31. The molecule has 22 heavy (non-hydrogen) atoms. The van der Waals surface area contributed by atoms with Crippen molar-refractivity contribution < 1.29 is 9.53 Å². The van der Waals surface area contributed by atoms with Crippen LogP contribution in [-0.2, 0) is 0 Å². The zero-order chi connectivity index (χ0) is 15.8. The van der Waals surface area contributed by atoms with Crippen molar-refractivity contribution >= 4 is 28.1 Å². The number of nitrogens with zero attached hydrogens (tertiary/aromatic N) is 2. The predicted molar refractivity (Wildman–Crippen MR) is 89.1 cm³/mol. The standard InChI is InChI=1S/C16H14BrN3O2/c1-2-8-22-15-6-5-12(9-14(15)17)10-19-20-16(21)13-4-3-7-18-11-13/h2-7,9-11H,1,8H2,(H,20,21)/b19-10-. The first-order valence-corrected chi connectivity index (χ1v) is 7.26. The molecule has 0 aliphatic rings. The summed E-state index contributed by atoms with van der Waals surface area (Å²) in [7, 11) is 0. The quantitative estimate of drug-likeness (QED) is 0.489. The van der Waals surface area contributed by atoms with Crippen molar-refractivity contribution in [1.29, 1.82) is 0 Å². The second-order valence-corrected chi connectivity index (χ2v) is 5.08. The minimum Gasteiger partial charge on any atom is -0.488 e. The number of carbonyl (C=O) groups excluding carboxylic acids is 1. The molecule has 0 unspecified atom stereocenters. The minimum absolute atomic E-state index is 0.311. The van der Waals surface area contributed by atoms with Gasteiger partial charge in [-0.05, 0) is 51.8 Å². The third kappa shape index (κ3) is 4.53. The molecule has 0 atom stereocenters. The van der Waals surface area contributed by atoms with Gasteiger partial charge in [-0.25, -0.2) is 5.43 Å². The Labute approximate surface area is 136 Å². The summed E-state index contributed by atoms with van der Waals surface area (Å²) >= 11 is 3.42. The van der Waals surface area contributed by atoms with Crippen LogP contribution in [0.1, 0.15) is 15.9 Å². The van der Waals surface area contributed by atoms with E-state index in [0.29, 0.717) is 12.2 Å². The van der Waals surface area contributed by atoms with E-state index in [2.05, 4.69) is 38.0 Å². The van der Waals surface area contributed by atoms with E-state index >= 15 is 0 Å². The van der Waals surface area contributed by atoms with Gasteiger partial charge in [-0.1, -0.05) is 12.7 Å². The molecule has 112 valence electrons. The number of nitrogens with one attached hydrogen (secondary N) is 1. The molecule has 2 aromatic rings. The Kier molecular flexibility index (Phi) is 5.85. The number of hydrogen-bond acceptors (Lipinski definition) is 4. The van der Waals surface area contributed by atoms with Crippen molar-refractivity contribution in [1.82, 2.24) is 10.4 Å². The molecule has 0 aliphatic heterocycles. The van der Waals surface area contributed by atoms with E-state index in [4.69, 9.17) is 4.74 Å². The van der Waals surface area contributed by atoms with Gasteiger partial charge < -0.3 is 4.74 Å². The van der Waals surface area contributed by atoms with Gasteiger partial charge in [0, 0.05) is 12.4 Å². The average Bonchev–Trinajstić information content (AvgIpc) is 2.55. The van der Waals surface area contributed by atoms with Crippen LogP contribution in [0, 0.1) is 0 Å². The topological polar surface area (TPSA) is 63.6 Å². The number of carbonyl (C=O) groups is 1. The smallest absolute Gasteiger partial charge is 0.272 e. The van der Waals surface area contributed by atoms with Crippen molar-refractivity contribution in [3.05, 3.63) is 71.0 Å². The average molecular weight is 360 g/mol. The van der Waals surface area contributed by atoms with Gasteiger partial charge in [-0.15, -0.1) is 0 Å². The second-order valence-electron chi connectivity index (χ2n) is 4.23. The number of pyridine rings is 1. The largest absolute Gasteiger partial charge is 0.488 e. The molecule has 0 spiro atoms. The number of ether oxygens (including phenoxy) is 1. The van der Waals surface area contributed by atoms with Crippen molar-refractivity contribution in [2.75, 3.05) is 6.61 Å². The van der Waals surface area contributed by atoms with Gasteiger partial charge in [0.15, 0.2) is 0 Å². The zero-order valence-corrected chi connectivity index (χ0v) is 13.3. The highest BCUT2D eigenvalue weighted by atomic mass is 79.9. The van der Waals surface area contributed by atoms with E-state index in [9.17, 15) is 4.79 Å². The predicted octanol–water partition coefficient (Wildman–Crippen LogP) is 3.17. The zero-order valence-electron chi connectivity index (χ0n) is 11.7. The maximum Gasteiger partial charge on any atom is 0.272 e. The Hall–Kier alpha value is -2.47. The molecule has 1 aromatic carbocycles. The summed E-state index contributed by atoms with van der Waals surface area (Å²) in [5.41, 5.74) is 3.72. The molecule has 1 N–H and O–H groups in total. The highest BCUT2D eigenvalue weighted by Crippen LogP contribution is 2.25. The van der Waals surface area contributed by atoms with Crippen LogP contribution < -0.4 is 10.2 Å². The molecule has 0 aliphatic carbocycles. The van der Waals surface area contributed by atoms with Gasteiger partial charge in [-0.2, -0.15) is 5.10 Å². The Morgan fingerprint density at radius 2 is 2.32 bits per heavy atom. The van der Waals surface area contributed by atoms with E-state index in [1.54, 1.807) is 30.6 Å². The van der Waals surface area contributed by atoms with Gasteiger partial charge >= 0.3 is 0 Å². The lowest BCUT2D eigenvalue weighted by Gasteiger charge is -2.06. The van der Waals surface area contributed by atoms with Gasteiger partial charge in [-0.3, -0.25) is 9.78 Å². The number of halogens is 1. The van der Waals surface area contributed by atoms with Crippen LogP contribution in [0.25, 0.3) is 0 Å². The van der Waals surface area contributed by atoms with Crippen LogP contribution in [0.4, 0.5) is 0 Å². The van der Waals surface area contributed by atoms with E-state index in [1.807, 2.05) is 18.2 Å². The number of aromatic nitrogens is 1. The van der Waals surface area contributed by atoms with E-state index < -0.39 is 0 Å². The number of hydrazone groups is 1. The lowest BCUT2D eigenvalue weighted by molar-refractivity contribution is 0.0955. The second kappa shape index (κ2) is 8.09. The van der Waals surface area contributed by atoms with Crippen molar-refractivity contribution in [3.63, 3.8) is 0 Å². The van der Waals surface area contributed by atoms with Crippen LogP contribution >= 0.6 is 15.9 Å². The van der Waals surface area contributed by atoms with E-state index in [-0.39, 0.29) is 5.91 Å². The number of amides is 1. The van der Waals surface area contributed by atoms with Crippen LogP contribution in [0.3, 0.4) is 0 Å². The summed E-state index contributed by atoms with van der Waals surface area (Å²) < 4.78 is 6.26. The van der Waals surface area contributed by atoms with Gasteiger partial charge in [0.2, 0.25) is 0 Å². The van der Waals surface area contributed by atoms with Crippen LogP contribution in [-0.4, -0.2) is 23.7 Å². The summed E-state index contributed by atoms with van der Waals surface area (Å²) in [5.74, 6) is 0.408. The van der Waals surface area contributed by atoms with Crippen LogP contribution in [0.2, 0.25) is 0 Å². The number of rotatable bonds is 6. The molecule has 2 rings (SSSR count). The maximum atomic E-state index is 11.8. The molecule has 1 amide bonds. The van der Waals surface area contributed by atoms with Crippen LogP contribution in [0.5, 0.6) is 5.75 Å². The highest BCUT2D eigenvalue weighted by Gasteiger charge is 2.03. The molecular weight excluding hydrogens is 346 g/mol. The third-order valence-electron chi connectivity index (χ3n) is 2.62. The van der Waals surface area contributed by atoms with E-state index in [1.165, 1.54) is 6.20 Å². The number of benzene rings is 1. The molecular formula is C16H14BrN3O2. The van der Waals surface area contributed by atoms with E-state index in [0.717, 1.165) is 15.8 Å². The van der Waals surface area contributed by atoms with Crippen molar-refractivity contribution in [3.8, 4) is 5.75 Å². The first kappa shape index (κ1) is 15.9. The Morgan fingerprint density at radius 3 is 3.00 bits per heavy atom. The molecule has 5 nitrogen and oxygen atoms in total. The molecule has 0 bridgehead atoms. The van der Waals surface area contributed by atoms with Crippen molar-refractivity contribution in [2.24, 2.45) is 5.10 Å². The highest BCUT2D eigenvalue weighted by molar-refractivity contribution is 9.10. The first-order valence-electron chi connectivity index (χ1n) is 6.47. The van der Waals surface area contributed by atoms with Gasteiger partial charge in [0.05, 0.1) is 16.3 Å². The monoisotopic (exact) mass is 359 g/mol. The normalized spacial score (nSPS) is 10.4. The van der Waals surface area contributed by atoms with Gasteiger partial charge in [0.1, 0.15) is 12.4 Å². The summed E-state index contributed by atoms with van der Waals surface area (Å²) in [4.78, 5) is 15.6. The van der Waals surface area contributed by atoms with Crippen LogP contribution in [0.15, 0.2) is 65.0 Å². The Balaban J connectivity index is 1.97. The van der Waals surface area contributed by atoms with Gasteiger partial charge in [0.25, 0.3) is 5.91 Å². The molecule has 0 saturated heterocycles. The van der Waals surface area contributed by atoms with Crippen molar-refractivity contribution in [2.45, 2.75) is 0 Å². The fraction of sp³-hybridized carbons (Fsp3) is 0.0625. The third-order valence-corrected chi connectivity index (χ3v) is 3.24. The summed E-state index contributed by atoms with van der Waals surface area (Å²) in [6.45, 7) is 4.04. The molecule has 1 heterocycles. The molecule has 0 fully saturated rings. The lowest BCUT2D eigenvalue weighted by atomic mass is 10.2. The first-order chi connectivity index (χ1) is 10.7. The lowest BCUT2D eigenvalue weighted by Crippen LogP contribution is -2.17. The summed E-state index contributed by atoms with van der Waals surface area (Å²) in [6, 6.07) is 8.86. The maximum absolute atomic E-state index is 11.8. The fourth-order valence-electron chi connectivity index (χ4n) is 1.59. The SMILES string of the molecule is C=CCOc1ccc(/C=N\NC(=O)c2cccnc2)cc1Br. The fourth-order valence-corrected chi connectivity index (χ4v) is 2.10. The Morgan fingerprint density at radius 1 is 1.45 bits per heavy atom. The molecule has 1 aromatic heterocycles. The molecule has 6 heteroatoms. The molecule has 0 saturated carbocycles.